The maximum atomic E-state index is 3.49. The number of nitrogens with one attached hydrogen (secondary N) is 1. The highest BCUT2D eigenvalue weighted by Gasteiger charge is 2.29. The lowest BCUT2D eigenvalue weighted by Gasteiger charge is -2.33. The highest BCUT2D eigenvalue weighted by molar-refractivity contribution is 7.99. The summed E-state index contributed by atoms with van der Waals surface area (Å²) in [6.45, 7) is 6.06. The van der Waals surface area contributed by atoms with Crippen molar-refractivity contribution in [2.75, 3.05) is 31.1 Å². The lowest BCUT2D eigenvalue weighted by atomic mass is 10.1. The van der Waals surface area contributed by atoms with Crippen LogP contribution in [0.25, 0.3) is 0 Å². The van der Waals surface area contributed by atoms with Gasteiger partial charge in [0.1, 0.15) is 0 Å². The molecule has 0 spiro atoms. The average Bonchev–Trinajstić information content (AvgIpc) is 2.87. The normalized spacial score (nSPS) is 33.0. The Morgan fingerprint density at radius 3 is 2.86 bits per heavy atom. The molecule has 0 radical (unpaired) electrons. The molecule has 2 atom stereocenters. The molecule has 82 valence electrons. The number of thioether (sulfide) groups is 1. The van der Waals surface area contributed by atoms with E-state index in [9.17, 15) is 0 Å². The van der Waals surface area contributed by atoms with Gasteiger partial charge in [-0.15, -0.1) is 0 Å². The van der Waals surface area contributed by atoms with Crippen LogP contribution in [0, 0.1) is 0 Å². The molecule has 2 rings (SSSR count). The predicted molar refractivity (Wildman–Crippen MR) is 64.0 cm³/mol. The molecule has 2 aliphatic heterocycles. The zero-order valence-corrected chi connectivity index (χ0v) is 9.98. The largest absolute Gasteiger partial charge is 0.315 e. The molecule has 0 saturated carbocycles. The quantitative estimate of drug-likeness (QED) is 0.765. The van der Waals surface area contributed by atoms with Crippen molar-refractivity contribution in [2.45, 2.75) is 38.3 Å². The molecule has 0 aromatic rings. The van der Waals surface area contributed by atoms with Gasteiger partial charge in [0.2, 0.25) is 0 Å². The zero-order chi connectivity index (χ0) is 9.80. The minimum absolute atomic E-state index is 0.832. The summed E-state index contributed by atoms with van der Waals surface area (Å²) in [6, 6.07) is 1.71. The Kier molecular flexibility index (Phi) is 4.14. The van der Waals surface area contributed by atoms with Gasteiger partial charge in [0, 0.05) is 24.4 Å². The smallest absolute Gasteiger partial charge is 0.0235 e. The van der Waals surface area contributed by atoms with E-state index >= 15 is 0 Å². The minimum Gasteiger partial charge on any atom is -0.315 e. The van der Waals surface area contributed by atoms with Gasteiger partial charge in [-0.05, 0) is 38.1 Å². The van der Waals surface area contributed by atoms with Gasteiger partial charge in [-0.25, -0.2) is 0 Å². The second-order valence-corrected chi connectivity index (χ2v) is 5.55. The van der Waals surface area contributed by atoms with Gasteiger partial charge in [-0.3, -0.25) is 4.90 Å². The average molecular weight is 214 g/mol. The second kappa shape index (κ2) is 5.38. The van der Waals surface area contributed by atoms with E-state index < -0.39 is 0 Å². The van der Waals surface area contributed by atoms with Crippen molar-refractivity contribution < 1.29 is 0 Å². The topological polar surface area (TPSA) is 15.3 Å². The third-order valence-corrected chi connectivity index (χ3v) is 4.50. The van der Waals surface area contributed by atoms with Crippen LogP contribution in [0.3, 0.4) is 0 Å². The van der Waals surface area contributed by atoms with Gasteiger partial charge < -0.3 is 5.32 Å². The molecule has 0 amide bonds. The minimum atomic E-state index is 0.832. The van der Waals surface area contributed by atoms with E-state index in [1.807, 2.05) is 0 Å². The first-order valence-corrected chi connectivity index (χ1v) is 7.11. The van der Waals surface area contributed by atoms with Crippen LogP contribution in [0.15, 0.2) is 0 Å². The van der Waals surface area contributed by atoms with Crippen LogP contribution >= 0.6 is 11.8 Å². The third-order valence-electron chi connectivity index (χ3n) is 3.36. The fourth-order valence-electron chi connectivity index (χ4n) is 2.63. The molecule has 3 heteroatoms. The van der Waals surface area contributed by atoms with Gasteiger partial charge in [-0.1, -0.05) is 6.92 Å². The summed E-state index contributed by atoms with van der Waals surface area (Å²) in [5.74, 6) is 2.75. The van der Waals surface area contributed by atoms with Crippen LogP contribution < -0.4 is 5.32 Å². The highest BCUT2D eigenvalue weighted by atomic mass is 32.2. The number of hydrogen-bond donors (Lipinski definition) is 1. The Morgan fingerprint density at radius 1 is 1.36 bits per heavy atom. The molecule has 0 aromatic carbocycles. The van der Waals surface area contributed by atoms with Gasteiger partial charge in [0.25, 0.3) is 0 Å². The molecule has 2 nitrogen and oxygen atoms in total. The third kappa shape index (κ3) is 2.44. The Hall–Kier alpha value is 0.270. The standard InChI is InChI=1S/C11H22N2S/c1-2-6-13(10-3-5-12-8-10)11-4-7-14-9-11/h10-12H,2-9H2,1H3. The summed E-state index contributed by atoms with van der Waals surface area (Å²) in [4.78, 5) is 2.78. The van der Waals surface area contributed by atoms with E-state index in [0.29, 0.717) is 0 Å². The Labute approximate surface area is 91.8 Å². The van der Waals surface area contributed by atoms with E-state index in [0.717, 1.165) is 12.1 Å². The first-order chi connectivity index (χ1) is 6.92. The molecule has 2 fully saturated rings. The molecule has 0 aliphatic carbocycles. The van der Waals surface area contributed by atoms with Crippen LogP contribution in [-0.4, -0.2) is 48.1 Å². The van der Waals surface area contributed by atoms with Crippen molar-refractivity contribution in [1.29, 1.82) is 0 Å². The van der Waals surface area contributed by atoms with Gasteiger partial charge in [-0.2, -0.15) is 11.8 Å². The van der Waals surface area contributed by atoms with Gasteiger partial charge in [0.15, 0.2) is 0 Å². The first-order valence-electron chi connectivity index (χ1n) is 5.96. The molecule has 2 aliphatic rings. The monoisotopic (exact) mass is 214 g/mol. The Balaban J connectivity index is 1.91. The van der Waals surface area contributed by atoms with E-state index in [1.165, 1.54) is 50.4 Å². The van der Waals surface area contributed by atoms with E-state index in [2.05, 4.69) is 28.9 Å². The Morgan fingerprint density at radius 2 is 2.29 bits per heavy atom. The maximum absolute atomic E-state index is 3.49. The van der Waals surface area contributed by atoms with Crippen molar-refractivity contribution in [3.8, 4) is 0 Å². The summed E-state index contributed by atoms with van der Waals surface area (Å²) >= 11 is 2.13. The summed E-state index contributed by atoms with van der Waals surface area (Å²) in [5.41, 5.74) is 0. The molecule has 2 heterocycles. The summed E-state index contributed by atoms with van der Waals surface area (Å²) < 4.78 is 0. The molecule has 0 aromatic heterocycles. The summed E-state index contributed by atoms with van der Waals surface area (Å²) in [7, 11) is 0. The van der Waals surface area contributed by atoms with Crippen LogP contribution in [0.4, 0.5) is 0 Å². The van der Waals surface area contributed by atoms with Crippen LogP contribution in [0.1, 0.15) is 26.2 Å². The molecule has 14 heavy (non-hydrogen) atoms. The molecular weight excluding hydrogens is 192 g/mol. The van der Waals surface area contributed by atoms with E-state index in [1.54, 1.807) is 0 Å². The maximum Gasteiger partial charge on any atom is 0.0235 e. The first kappa shape index (κ1) is 10.8. The summed E-state index contributed by atoms with van der Waals surface area (Å²) in [5, 5.41) is 3.49. The van der Waals surface area contributed by atoms with Gasteiger partial charge in [0.05, 0.1) is 0 Å². The van der Waals surface area contributed by atoms with Crippen molar-refractivity contribution in [3.05, 3.63) is 0 Å². The van der Waals surface area contributed by atoms with Crippen molar-refractivity contribution >= 4 is 11.8 Å². The molecule has 0 bridgehead atoms. The molecule has 2 saturated heterocycles. The molecule has 1 N–H and O–H groups in total. The van der Waals surface area contributed by atoms with Crippen LogP contribution in [0.5, 0.6) is 0 Å². The second-order valence-electron chi connectivity index (χ2n) is 4.40. The van der Waals surface area contributed by atoms with Gasteiger partial charge >= 0.3 is 0 Å². The lowest BCUT2D eigenvalue weighted by Crippen LogP contribution is -2.44. The number of nitrogens with zero attached hydrogens (tertiary/aromatic N) is 1. The fraction of sp³-hybridized carbons (Fsp3) is 1.00. The van der Waals surface area contributed by atoms with Crippen LogP contribution in [-0.2, 0) is 0 Å². The Bertz CT molecular complexity index is 147. The number of rotatable bonds is 4. The van der Waals surface area contributed by atoms with E-state index in [4.69, 9.17) is 0 Å². The van der Waals surface area contributed by atoms with Crippen molar-refractivity contribution in [3.63, 3.8) is 0 Å². The fourth-order valence-corrected chi connectivity index (χ4v) is 3.86. The predicted octanol–water partition coefficient (Wildman–Crippen LogP) is 1.57. The SMILES string of the molecule is CCCN(C1CCNC1)C1CCSC1. The lowest BCUT2D eigenvalue weighted by molar-refractivity contribution is 0.156. The summed E-state index contributed by atoms with van der Waals surface area (Å²) in [6.07, 6.45) is 4.08. The molecular formula is C11H22N2S. The highest BCUT2D eigenvalue weighted by Crippen LogP contribution is 2.25. The van der Waals surface area contributed by atoms with Crippen molar-refractivity contribution in [1.82, 2.24) is 10.2 Å². The van der Waals surface area contributed by atoms with Crippen molar-refractivity contribution in [2.24, 2.45) is 0 Å². The molecule has 2 unspecified atom stereocenters. The number of hydrogen-bond acceptors (Lipinski definition) is 3. The van der Waals surface area contributed by atoms with E-state index in [-0.39, 0.29) is 0 Å². The van der Waals surface area contributed by atoms with Crippen LogP contribution in [0.2, 0.25) is 0 Å². The zero-order valence-electron chi connectivity index (χ0n) is 9.17.